The van der Waals surface area contributed by atoms with Crippen LogP contribution in [0.4, 0.5) is 16.5 Å². The summed E-state index contributed by atoms with van der Waals surface area (Å²) in [6.45, 7) is 3.07. The van der Waals surface area contributed by atoms with E-state index in [9.17, 15) is 18.0 Å². The Kier molecular flexibility index (Phi) is 5.61. The maximum atomic E-state index is 12.7. The first-order valence-electron chi connectivity index (χ1n) is 9.59. The summed E-state index contributed by atoms with van der Waals surface area (Å²) < 4.78 is 33.5. The number of fused-ring (bicyclic) bond motifs is 1. The molecule has 1 unspecified atom stereocenters. The maximum absolute atomic E-state index is 12.7. The molecule has 3 aromatic rings. The van der Waals surface area contributed by atoms with Crippen molar-refractivity contribution in [3.8, 4) is 17.0 Å². The molecule has 0 fully saturated rings. The number of rotatable bonds is 5. The number of carbonyl (C=O) groups excluding carboxylic acids is 2. The first-order valence-corrected chi connectivity index (χ1v) is 11.9. The smallest absolute Gasteiger partial charge is 0.267 e. The molecule has 0 saturated heterocycles. The van der Waals surface area contributed by atoms with Crippen molar-refractivity contribution in [3.05, 3.63) is 47.8 Å². The van der Waals surface area contributed by atoms with Crippen LogP contribution in [-0.2, 0) is 19.6 Å². The maximum Gasteiger partial charge on any atom is 0.267 e. The van der Waals surface area contributed by atoms with Gasteiger partial charge in [-0.2, -0.15) is 0 Å². The monoisotopic (exact) mass is 472 g/mol. The minimum atomic E-state index is -3.85. The summed E-state index contributed by atoms with van der Waals surface area (Å²) in [6, 6.07) is 11.2. The van der Waals surface area contributed by atoms with Gasteiger partial charge in [0.25, 0.3) is 15.9 Å². The van der Waals surface area contributed by atoms with Gasteiger partial charge in [0.15, 0.2) is 11.2 Å². The van der Waals surface area contributed by atoms with Crippen LogP contribution in [-0.4, -0.2) is 38.4 Å². The second kappa shape index (κ2) is 8.24. The fourth-order valence-corrected chi connectivity index (χ4v) is 5.19. The second-order valence-electron chi connectivity index (χ2n) is 7.19. The minimum absolute atomic E-state index is 0.0449. The number of aromatic nitrogens is 1. The van der Waals surface area contributed by atoms with E-state index in [1.165, 1.54) is 36.1 Å². The van der Waals surface area contributed by atoms with Crippen LogP contribution in [0.2, 0.25) is 0 Å². The highest BCUT2D eigenvalue weighted by molar-refractivity contribution is 7.93. The van der Waals surface area contributed by atoms with Crippen LogP contribution in [0.5, 0.6) is 5.75 Å². The summed E-state index contributed by atoms with van der Waals surface area (Å²) in [6.07, 6.45) is -0.550. The number of sulfonamides is 1. The number of amides is 2. The van der Waals surface area contributed by atoms with Gasteiger partial charge in [-0.3, -0.25) is 14.3 Å². The summed E-state index contributed by atoms with van der Waals surface area (Å²) in [5.41, 5.74) is 2.42. The first kappa shape index (κ1) is 21.8. The van der Waals surface area contributed by atoms with Crippen molar-refractivity contribution in [2.45, 2.75) is 24.8 Å². The normalized spacial score (nSPS) is 15.7. The van der Waals surface area contributed by atoms with Crippen molar-refractivity contribution in [2.24, 2.45) is 0 Å². The molecule has 4 rings (SSSR count). The van der Waals surface area contributed by atoms with Crippen LogP contribution >= 0.6 is 11.3 Å². The molecular weight excluding hydrogens is 452 g/mol. The van der Waals surface area contributed by atoms with Crippen molar-refractivity contribution in [1.82, 2.24) is 4.98 Å². The van der Waals surface area contributed by atoms with Gasteiger partial charge in [-0.25, -0.2) is 13.4 Å². The van der Waals surface area contributed by atoms with Crippen molar-refractivity contribution in [2.75, 3.05) is 22.0 Å². The highest BCUT2D eigenvalue weighted by atomic mass is 32.2. The summed E-state index contributed by atoms with van der Waals surface area (Å²) >= 11 is 1.15. The summed E-state index contributed by atoms with van der Waals surface area (Å²) in [5.74, 6) is 0.209. The van der Waals surface area contributed by atoms with Crippen LogP contribution in [0.15, 0.2) is 52.7 Å². The van der Waals surface area contributed by atoms with Crippen LogP contribution in [0.1, 0.15) is 13.8 Å². The van der Waals surface area contributed by atoms with Crippen molar-refractivity contribution in [3.63, 3.8) is 0 Å². The predicted octanol–water partition coefficient (Wildman–Crippen LogP) is 3.31. The lowest BCUT2D eigenvalue weighted by Gasteiger charge is -2.30. The Morgan fingerprint density at radius 2 is 1.91 bits per heavy atom. The average Bonchev–Trinajstić information content (AvgIpc) is 3.19. The number of thiazole rings is 1. The van der Waals surface area contributed by atoms with Crippen molar-refractivity contribution >= 4 is 49.7 Å². The van der Waals surface area contributed by atoms with Gasteiger partial charge in [-0.05, 0) is 49.4 Å². The lowest BCUT2D eigenvalue weighted by atomic mass is 10.1. The zero-order chi connectivity index (χ0) is 23.0. The molecule has 1 aromatic heterocycles. The molecule has 2 N–H and O–H groups in total. The quantitative estimate of drug-likeness (QED) is 0.588. The van der Waals surface area contributed by atoms with Crippen LogP contribution in [0.3, 0.4) is 0 Å². The molecule has 32 heavy (non-hydrogen) atoms. The van der Waals surface area contributed by atoms with Gasteiger partial charge in [0.05, 0.1) is 16.3 Å². The molecule has 9 nitrogen and oxygen atoms in total. The Morgan fingerprint density at radius 3 is 2.59 bits per heavy atom. The molecule has 2 aromatic carbocycles. The number of hydrogen-bond acceptors (Lipinski definition) is 7. The Hall–Kier alpha value is -3.44. The fourth-order valence-electron chi connectivity index (χ4n) is 3.22. The second-order valence-corrected chi connectivity index (χ2v) is 9.73. The Labute approximate surface area is 189 Å². The summed E-state index contributed by atoms with van der Waals surface area (Å²) in [4.78, 5) is 29.3. The van der Waals surface area contributed by atoms with E-state index in [2.05, 4.69) is 15.0 Å². The third-order valence-corrected chi connectivity index (χ3v) is 7.05. The molecule has 0 radical (unpaired) electrons. The molecule has 1 aliphatic rings. The van der Waals surface area contributed by atoms with Gasteiger partial charge in [0.2, 0.25) is 5.91 Å². The molecule has 1 aliphatic heterocycles. The number of anilines is 3. The fraction of sp³-hybridized carbons (Fsp3) is 0.190. The van der Waals surface area contributed by atoms with E-state index in [1.807, 2.05) is 6.07 Å². The third-order valence-electron chi connectivity index (χ3n) is 4.81. The first-order chi connectivity index (χ1) is 15.1. The van der Waals surface area contributed by atoms with Crippen LogP contribution in [0, 0.1) is 0 Å². The van der Waals surface area contributed by atoms with Gasteiger partial charge in [0, 0.05) is 30.6 Å². The van der Waals surface area contributed by atoms with E-state index in [0.29, 0.717) is 22.8 Å². The molecule has 11 heteroatoms. The standard InChI is InChI=1S/C21H20N4O5S2/c1-12-20(27)25(3)18-10-14(4-9-19(18)30-12)17-11-31-21(23-17)24-32(28,29)16-7-5-15(6-8-16)22-13(2)26/h4-12H,1-3H3,(H,22,26)(H,23,24). The zero-order valence-electron chi connectivity index (χ0n) is 17.4. The number of carbonyl (C=O) groups is 2. The number of likely N-dealkylation sites (N-methyl/N-ethyl adjacent to an activating group) is 1. The number of benzene rings is 2. The lowest BCUT2D eigenvalue weighted by Crippen LogP contribution is -2.41. The molecule has 0 bridgehead atoms. The summed E-state index contributed by atoms with van der Waals surface area (Å²) in [7, 11) is -2.17. The highest BCUT2D eigenvalue weighted by Crippen LogP contribution is 2.37. The molecular formula is C21H20N4O5S2. The van der Waals surface area contributed by atoms with Gasteiger partial charge >= 0.3 is 0 Å². The van der Waals surface area contributed by atoms with Crippen molar-refractivity contribution < 1.29 is 22.7 Å². The molecule has 0 spiro atoms. The van der Waals surface area contributed by atoms with Crippen LogP contribution in [0.25, 0.3) is 11.3 Å². The molecule has 0 aliphatic carbocycles. The van der Waals surface area contributed by atoms with E-state index in [-0.39, 0.29) is 21.8 Å². The van der Waals surface area contributed by atoms with E-state index >= 15 is 0 Å². The van der Waals surface area contributed by atoms with Crippen LogP contribution < -0.4 is 19.7 Å². The number of hydrogen-bond donors (Lipinski definition) is 2. The number of nitrogens with one attached hydrogen (secondary N) is 2. The van der Waals surface area contributed by atoms with E-state index < -0.39 is 16.1 Å². The average molecular weight is 473 g/mol. The third kappa shape index (κ3) is 4.30. The van der Waals surface area contributed by atoms with Gasteiger partial charge < -0.3 is 15.0 Å². The molecule has 0 saturated carbocycles. The van der Waals surface area contributed by atoms with E-state index in [4.69, 9.17) is 4.74 Å². The SMILES string of the molecule is CC(=O)Nc1ccc(S(=O)(=O)Nc2nc(-c3ccc4c(c3)N(C)C(=O)C(C)O4)cs2)cc1. The Bertz CT molecular complexity index is 1300. The molecule has 166 valence electrons. The van der Waals surface area contributed by atoms with Gasteiger partial charge in [0.1, 0.15) is 5.75 Å². The molecule has 2 amide bonds. The largest absolute Gasteiger partial charge is 0.479 e. The molecule has 2 heterocycles. The summed E-state index contributed by atoms with van der Waals surface area (Å²) in [5, 5.41) is 4.52. The Balaban J connectivity index is 1.54. The minimum Gasteiger partial charge on any atom is -0.479 e. The number of ether oxygens (including phenoxy) is 1. The predicted molar refractivity (Wildman–Crippen MR) is 123 cm³/mol. The van der Waals surface area contributed by atoms with E-state index in [1.54, 1.807) is 31.5 Å². The Morgan fingerprint density at radius 1 is 1.19 bits per heavy atom. The topological polar surface area (TPSA) is 118 Å². The number of nitrogens with zero attached hydrogens (tertiary/aromatic N) is 2. The zero-order valence-corrected chi connectivity index (χ0v) is 19.1. The lowest BCUT2D eigenvalue weighted by molar-refractivity contribution is -0.125. The van der Waals surface area contributed by atoms with E-state index in [0.717, 1.165) is 16.9 Å². The van der Waals surface area contributed by atoms with Crippen molar-refractivity contribution in [1.29, 1.82) is 0 Å². The molecule has 1 atom stereocenters. The van der Waals surface area contributed by atoms with Gasteiger partial charge in [-0.1, -0.05) is 0 Å². The highest BCUT2D eigenvalue weighted by Gasteiger charge is 2.29. The van der Waals surface area contributed by atoms with Gasteiger partial charge in [-0.15, -0.1) is 11.3 Å².